The summed E-state index contributed by atoms with van der Waals surface area (Å²) in [7, 11) is 3.22. The molecule has 6 nitrogen and oxygen atoms in total. The van der Waals surface area contributed by atoms with Crippen molar-refractivity contribution in [3.05, 3.63) is 18.2 Å². The smallest absolute Gasteiger partial charge is 0.322 e. The molecule has 1 saturated carbocycles. The van der Waals surface area contributed by atoms with E-state index in [9.17, 15) is 0 Å². The number of nitrogens with zero attached hydrogens (tertiary/aromatic N) is 2. The van der Waals surface area contributed by atoms with Gasteiger partial charge in [-0.25, -0.2) is 0 Å². The van der Waals surface area contributed by atoms with Crippen molar-refractivity contribution >= 4 is 6.01 Å². The topological polar surface area (TPSA) is 69.4 Å². The molecule has 1 heterocycles. The van der Waals surface area contributed by atoms with E-state index in [4.69, 9.17) is 14.0 Å². The van der Waals surface area contributed by atoms with Gasteiger partial charge in [-0.3, -0.25) is 0 Å². The molecule has 0 atom stereocenters. The van der Waals surface area contributed by atoms with Crippen LogP contribution in [0.3, 0.4) is 0 Å². The van der Waals surface area contributed by atoms with E-state index in [1.54, 1.807) is 14.2 Å². The van der Waals surface area contributed by atoms with E-state index < -0.39 is 0 Å². The average molecular weight is 317 g/mol. The van der Waals surface area contributed by atoms with E-state index in [-0.39, 0.29) is 0 Å². The van der Waals surface area contributed by atoms with Crippen molar-refractivity contribution in [3.63, 3.8) is 0 Å². The quantitative estimate of drug-likeness (QED) is 0.844. The predicted molar refractivity (Wildman–Crippen MR) is 88.0 cm³/mol. The lowest BCUT2D eigenvalue weighted by molar-refractivity contribution is 0.355. The molecule has 2 aromatic rings. The summed E-state index contributed by atoms with van der Waals surface area (Å²) in [5.74, 6) is 1.87. The Hall–Kier alpha value is -2.24. The number of anilines is 1. The van der Waals surface area contributed by atoms with Gasteiger partial charge in [0, 0.05) is 11.6 Å². The number of hydrogen-bond acceptors (Lipinski definition) is 6. The first-order valence-corrected chi connectivity index (χ1v) is 8.13. The Kier molecular flexibility index (Phi) is 5.00. The molecular weight excluding hydrogens is 294 g/mol. The van der Waals surface area contributed by atoms with Crippen molar-refractivity contribution in [2.24, 2.45) is 0 Å². The molecule has 1 fully saturated rings. The van der Waals surface area contributed by atoms with E-state index in [1.165, 1.54) is 25.7 Å². The molecular formula is C17H23N3O3. The second kappa shape index (κ2) is 7.35. The highest BCUT2D eigenvalue weighted by molar-refractivity contribution is 5.61. The van der Waals surface area contributed by atoms with Gasteiger partial charge in [0.2, 0.25) is 5.82 Å². The van der Waals surface area contributed by atoms with Crippen molar-refractivity contribution in [2.75, 3.05) is 19.5 Å². The summed E-state index contributed by atoms with van der Waals surface area (Å²) in [6, 6.07) is 6.49. The first-order chi connectivity index (χ1) is 11.3. The molecule has 0 saturated heterocycles. The van der Waals surface area contributed by atoms with Crippen molar-refractivity contribution in [1.29, 1.82) is 0 Å². The predicted octanol–water partition coefficient (Wildman–Crippen LogP) is 3.89. The molecule has 1 aromatic heterocycles. The van der Waals surface area contributed by atoms with Gasteiger partial charge < -0.3 is 19.3 Å². The average Bonchev–Trinajstić information content (AvgIpc) is 2.90. The Morgan fingerprint density at radius 2 is 1.78 bits per heavy atom. The van der Waals surface area contributed by atoms with Crippen LogP contribution in [-0.2, 0) is 0 Å². The van der Waals surface area contributed by atoms with Crippen LogP contribution < -0.4 is 14.8 Å². The second-order valence-corrected chi connectivity index (χ2v) is 5.83. The molecule has 0 bridgehead atoms. The lowest BCUT2D eigenvalue weighted by Crippen LogP contribution is -2.18. The molecule has 0 radical (unpaired) electrons. The van der Waals surface area contributed by atoms with Crippen LogP contribution in [0.2, 0.25) is 0 Å². The van der Waals surface area contributed by atoms with Crippen molar-refractivity contribution in [3.8, 4) is 22.9 Å². The van der Waals surface area contributed by atoms with Crippen LogP contribution in [0.15, 0.2) is 22.7 Å². The summed E-state index contributed by atoms with van der Waals surface area (Å²) in [5.41, 5.74) is 0.834. The maximum absolute atomic E-state index is 5.35. The van der Waals surface area contributed by atoms with Crippen LogP contribution >= 0.6 is 0 Å². The van der Waals surface area contributed by atoms with Gasteiger partial charge in [0.1, 0.15) is 0 Å². The molecule has 0 unspecified atom stereocenters. The highest BCUT2D eigenvalue weighted by Crippen LogP contribution is 2.31. The Bertz CT molecular complexity index is 634. The Morgan fingerprint density at radius 1 is 1.04 bits per heavy atom. The van der Waals surface area contributed by atoms with E-state index in [0.29, 0.717) is 29.4 Å². The number of benzene rings is 1. The lowest BCUT2D eigenvalue weighted by atomic mass is 10.1. The minimum absolute atomic E-state index is 0.427. The van der Waals surface area contributed by atoms with Gasteiger partial charge in [-0.15, -0.1) is 0 Å². The third-order valence-electron chi connectivity index (χ3n) is 4.25. The molecule has 1 aliphatic rings. The number of aromatic nitrogens is 2. The SMILES string of the molecule is COc1ccc(-c2noc(NC3CCCCCC3)n2)cc1OC. The number of nitrogens with one attached hydrogen (secondary N) is 1. The van der Waals surface area contributed by atoms with Gasteiger partial charge in [-0.05, 0) is 31.0 Å². The van der Waals surface area contributed by atoms with Gasteiger partial charge in [-0.1, -0.05) is 30.8 Å². The molecule has 1 aliphatic carbocycles. The van der Waals surface area contributed by atoms with Gasteiger partial charge in [-0.2, -0.15) is 4.98 Å². The fraction of sp³-hybridized carbons (Fsp3) is 0.529. The summed E-state index contributed by atoms with van der Waals surface area (Å²) in [5, 5.41) is 7.43. The molecule has 23 heavy (non-hydrogen) atoms. The summed E-state index contributed by atoms with van der Waals surface area (Å²) in [6.45, 7) is 0. The monoisotopic (exact) mass is 317 g/mol. The maximum atomic E-state index is 5.35. The fourth-order valence-corrected chi connectivity index (χ4v) is 2.97. The largest absolute Gasteiger partial charge is 0.493 e. The summed E-state index contributed by atoms with van der Waals surface area (Å²) >= 11 is 0. The van der Waals surface area contributed by atoms with Crippen molar-refractivity contribution in [1.82, 2.24) is 10.1 Å². The minimum atomic E-state index is 0.427. The Labute approximate surface area is 136 Å². The molecule has 1 aromatic carbocycles. The van der Waals surface area contributed by atoms with Crippen molar-refractivity contribution in [2.45, 2.75) is 44.6 Å². The number of methoxy groups -OCH3 is 2. The zero-order chi connectivity index (χ0) is 16.1. The Balaban J connectivity index is 1.73. The molecule has 0 aliphatic heterocycles. The van der Waals surface area contributed by atoms with E-state index in [2.05, 4.69) is 15.5 Å². The molecule has 3 rings (SSSR count). The van der Waals surface area contributed by atoms with E-state index in [0.717, 1.165) is 18.4 Å². The molecule has 124 valence electrons. The zero-order valence-electron chi connectivity index (χ0n) is 13.7. The summed E-state index contributed by atoms with van der Waals surface area (Å²) in [4.78, 5) is 4.45. The van der Waals surface area contributed by atoms with Gasteiger partial charge in [0.05, 0.1) is 14.2 Å². The first kappa shape index (κ1) is 15.6. The van der Waals surface area contributed by atoms with Crippen LogP contribution in [0, 0.1) is 0 Å². The highest BCUT2D eigenvalue weighted by Gasteiger charge is 2.16. The highest BCUT2D eigenvalue weighted by atomic mass is 16.5. The maximum Gasteiger partial charge on any atom is 0.322 e. The lowest BCUT2D eigenvalue weighted by Gasteiger charge is -2.13. The number of rotatable bonds is 5. The van der Waals surface area contributed by atoms with Gasteiger partial charge in [0.25, 0.3) is 0 Å². The summed E-state index contributed by atoms with van der Waals surface area (Å²) in [6.07, 6.45) is 7.47. The number of ether oxygens (including phenoxy) is 2. The Morgan fingerprint density at radius 3 is 2.48 bits per heavy atom. The second-order valence-electron chi connectivity index (χ2n) is 5.83. The van der Waals surface area contributed by atoms with E-state index >= 15 is 0 Å². The first-order valence-electron chi connectivity index (χ1n) is 8.13. The fourth-order valence-electron chi connectivity index (χ4n) is 2.97. The third-order valence-corrected chi connectivity index (χ3v) is 4.25. The standard InChI is InChI=1S/C17H23N3O3/c1-21-14-10-9-12(11-15(14)22-2)16-19-17(23-20-16)18-13-7-5-3-4-6-8-13/h9-11,13H,3-8H2,1-2H3,(H,18,19,20). The molecule has 0 spiro atoms. The minimum Gasteiger partial charge on any atom is -0.493 e. The normalized spacial score (nSPS) is 15.9. The van der Waals surface area contributed by atoms with Crippen LogP contribution in [0.4, 0.5) is 6.01 Å². The molecule has 0 amide bonds. The summed E-state index contributed by atoms with van der Waals surface area (Å²) < 4.78 is 15.9. The molecule has 6 heteroatoms. The van der Waals surface area contributed by atoms with Crippen molar-refractivity contribution < 1.29 is 14.0 Å². The van der Waals surface area contributed by atoms with Crippen LogP contribution in [0.25, 0.3) is 11.4 Å². The number of hydrogen-bond donors (Lipinski definition) is 1. The van der Waals surface area contributed by atoms with Gasteiger partial charge in [0.15, 0.2) is 11.5 Å². The van der Waals surface area contributed by atoms with Crippen LogP contribution in [-0.4, -0.2) is 30.4 Å². The zero-order valence-corrected chi connectivity index (χ0v) is 13.7. The van der Waals surface area contributed by atoms with Gasteiger partial charge >= 0.3 is 6.01 Å². The van der Waals surface area contributed by atoms with E-state index in [1.807, 2.05) is 18.2 Å². The van der Waals surface area contributed by atoms with Crippen LogP contribution in [0.1, 0.15) is 38.5 Å². The molecule has 1 N–H and O–H groups in total. The van der Waals surface area contributed by atoms with Crippen LogP contribution in [0.5, 0.6) is 11.5 Å². The third kappa shape index (κ3) is 3.75.